The number of nitrogens with zero attached hydrogens (tertiary/aromatic N) is 5. The van der Waals surface area contributed by atoms with E-state index in [4.69, 9.17) is 9.97 Å². The minimum Gasteiger partial charge on any atom is -0.309 e. The van der Waals surface area contributed by atoms with Crippen molar-refractivity contribution in [1.29, 1.82) is 0 Å². The average molecular weight is 972 g/mol. The molecular formula is C70H61N5. The summed E-state index contributed by atoms with van der Waals surface area (Å²) in [5.41, 5.74) is 30.9. The minimum atomic E-state index is 0.712. The highest BCUT2D eigenvalue weighted by atomic mass is 15.0. The average Bonchev–Trinajstić information content (AvgIpc) is 4.07. The van der Waals surface area contributed by atoms with Crippen LogP contribution < -0.4 is 0 Å². The maximum Gasteiger partial charge on any atom is 0.159 e. The van der Waals surface area contributed by atoms with Gasteiger partial charge in [-0.15, -0.1) is 0 Å². The molecule has 0 aliphatic rings. The first-order valence-corrected chi connectivity index (χ1v) is 26.4. The van der Waals surface area contributed by atoms with Gasteiger partial charge in [0.1, 0.15) is 0 Å². The first-order chi connectivity index (χ1) is 36.2. The van der Waals surface area contributed by atoms with Crippen LogP contribution in [0.2, 0.25) is 0 Å². The summed E-state index contributed by atoms with van der Waals surface area (Å²) in [5, 5.41) is 7.66. The second-order valence-corrected chi connectivity index (χ2v) is 21.5. The Bertz CT molecular complexity index is 4320. The molecule has 9 aromatic carbocycles. The van der Waals surface area contributed by atoms with E-state index >= 15 is 0 Å². The molecule has 0 fully saturated rings. The lowest BCUT2D eigenvalue weighted by Crippen LogP contribution is -2.06. The first-order valence-electron chi connectivity index (χ1n) is 26.4. The van der Waals surface area contributed by atoms with Gasteiger partial charge in [0.25, 0.3) is 0 Å². The Morgan fingerprint density at radius 3 is 1.17 bits per heavy atom. The van der Waals surface area contributed by atoms with Crippen LogP contribution in [0.15, 0.2) is 152 Å². The van der Waals surface area contributed by atoms with Crippen molar-refractivity contribution in [2.45, 2.75) is 83.1 Å². The molecule has 0 saturated carbocycles. The quantitative estimate of drug-likeness (QED) is 0.167. The van der Waals surface area contributed by atoms with Crippen LogP contribution in [0, 0.1) is 83.1 Å². The topological polar surface area (TPSA) is 40.6 Å². The second-order valence-electron chi connectivity index (χ2n) is 21.5. The van der Waals surface area contributed by atoms with Crippen molar-refractivity contribution in [3.8, 4) is 50.7 Å². The Morgan fingerprint density at radius 2 is 0.720 bits per heavy atom. The molecule has 366 valence electrons. The van der Waals surface area contributed by atoms with E-state index in [1.165, 1.54) is 121 Å². The van der Waals surface area contributed by atoms with E-state index in [1.807, 2.05) is 0 Å². The third-order valence-electron chi connectivity index (χ3n) is 17.1. The zero-order chi connectivity index (χ0) is 51.9. The second kappa shape index (κ2) is 17.0. The fourth-order valence-electron chi connectivity index (χ4n) is 12.7. The number of aromatic nitrogens is 5. The molecule has 0 radical (unpaired) electrons. The zero-order valence-corrected chi connectivity index (χ0v) is 45.2. The van der Waals surface area contributed by atoms with Gasteiger partial charge in [-0.25, -0.2) is 9.97 Å². The van der Waals surface area contributed by atoms with Crippen molar-refractivity contribution >= 4 is 65.4 Å². The van der Waals surface area contributed by atoms with Crippen LogP contribution in [0.3, 0.4) is 0 Å². The van der Waals surface area contributed by atoms with Crippen molar-refractivity contribution in [2.24, 2.45) is 0 Å². The van der Waals surface area contributed by atoms with E-state index in [9.17, 15) is 0 Å². The molecule has 5 nitrogen and oxygen atoms in total. The molecule has 0 spiro atoms. The monoisotopic (exact) mass is 971 g/mol. The Morgan fingerprint density at radius 1 is 0.307 bits per heavy atom. The van der Waals surface area contributed by atoms with E-state index in [-0.39, 0.29) is 0 Å². The fraction of sp³-hybridized carbons (Fsp3) is 0.171. The molecule has 0 aliphatic carbocycles. The molecule has 75 heavy (non-hydrogen) atoms. The Labute approximate surface area is 439 Å². The van der Waals surface area contributed by atoms with Gasteiger partial charge in [0.05, 0.1) is 38.8 Å². The molecule has 0 saturated heterocycles. The first kappa shape index (κ1) is 46.3. The van der Waals surface area contributed by atoms with E-state index < -0.39 is 0 Å². The summed E-state index contributed by atoms with van der Waals surface area (Å²) in [6, 6.07) is 56.6. The summed E-state index contributed by atoms with van der Waals surface area (Å²) in [6.45, 7) is 27.1. The number of benzene rings is 9. The molecule has 5 heteroatoms. The fourth-order valence-corrected chi connectivity index (χ4v) is 12.7. The normalized spacial score (nSPS) is 12.0. The van der Waals surface area contributed by atoms with Gasteiger partial charge >= 0.3 is 0 Å². The Kier molecular flexibility index (Phi) is 10.5. The van der Waals surface area contributed by atoms with Gasteiger partial charge in [0, 0.05) is 71.8 Å². The number of para-hydroxylation sites is 2. The SMILES string of the molecule is Cc1ccc2c(c1)c1ccccc1n2-c1cccc(-c2cc(-c3nc(C)cc(C)n3)cc(-c3cccc(-n4c5ccccc5c5cc(C)ccc54)c3)c2-n2c3c(C)c(C)c(C)c(C)c3c3c(C)c(C)c(C)c(C)c32)c1. The largest absolute Gasteiger partial charge is 0.309 e. The van der Waals surface area contributed by atoms with E-state index in [2.05, 4.69) is 248 Å². The van der Waals surface area contributed by atoms with Crippen LogP contribution in [-0.4, -0.2) is 23.7 Å². The van der Waals surface area contributed by atoms with Crippen molar-refractivity contribution in [3.05, 3.63) is 219 Å². The van der Waals surface area contributed by atoms with Crippen LogP contribution >= 0.6 is 0 Å². The summed E-state index contributed by atoms with van der Waals surface area (Å²) in [5.74, 6) is 0.712. The highest BCUT2D eigenvalue weighted by Crippen LogP contribution is 2.49. The van der Waals surface area contributed by atoms with Crippen molar-refractivity contribution in [3.63, 3.8) is 0 Å². The van der Waals surface area contributed by atoms with Crippen LogP contribution in [0.25, 0.3) is 116 Å². The maximum absolute atomic E-state index is 5.20. The summed E-state index contributed by atoms with van der Waals surface area (Å²) < 4.78 is 7.57. The molecule has 0 amide bonds. The predicted molar refractivity (Wildman–Crippen MR) is 318 cm³/mol. The van der Waals surface area contributed by atoms with Crippen LogP contribution in [0.4, 0.5) is 0 Å². The molecule has 0 unspecified atom stereocenters. The van der Waals surface area contributed by atoms with Crippen molar-refractivity contribution in [2.75, 3.05) is 0 Å². The van der Waals surface area contributed by atoms with E-state index in [0.717, 1.165) is 56.3 Å². The predicted octanol–water partition coefficient (Wildman–Crippen LogP) is 18.5. The highest BCUT2D eigenvalue weighted by molar-refractivity contribution is 6.17. The zero-order valence-electron chi connectivity index (χ0n) is 45.2. The molecule has 0 bridgehead atoms. The van der Waals surface area contributed by atoms with Gasteiger partial charge in [-0.3, -0.25) is 0 Å². The molecule has 4 aromatic heterocycles. The third kappa shape index (κ3) is 6.90. The Balaban J connectivity index is 1.22. The summed E-state index contributed by atoms with van der Waals surface area (Å²) >= 11 is 0. The number of rotatable bonds is 6. The molecule has 13 rings (SSSR count). The maximum atomic E-state index is 5.20. The van der Waals surface area contributed by atoms with E-state index in [1.54, 1.807) is 0 Å². The van der Waals surface area contributed by atoms with Gasteiger partial charge in [-0.1, -0.05) is 83.9 Å². The third-order valence-corrected chi connectivity index (χ3v) is 17.1. The van der Waals surface area contributed by atoms with Gasteiger partial charge in [-0.2, -0.15) is 0 Å². The lowest BCUT2D eigenvalue weighted by atomic mass is 9.90. The highest BCUT2D eigenvalue weighted by Gasteiger charge is 2.29. The van der Waals surface area contributed by atoms with Gasteiger partial charge < -0.3 is 13.7 Å². The summed E-state index contributed by atoms with van der Waals surface area (Å²) in [6.07, 6.45) is 0. The molecule has 13 aromatic rings. The number of aryl methyl sites for hydroxylation is 8. The molecule has 0 atom stereocenters. The van der Waals surface area contributed by atoms with Crippen molar-refractivity contribution < 1.29 is 0 Å². The molecule has 0 aliphatic heterocycles. The smallest absolute Gasteiger partial charge is 0.159 e. The van der Waals surface area contributed by atoms with E-state index in [0.29, 0.717) is 5.82 Å². The lowest BCUT2D eigenvalue weighted by molar-refractivity contribution is 1.06. The minimum absolute atomic E-state index is 0.712. The van der Waals surface area contributed by atoms with Gasteiger partial charge in [0.2, 0.25) is 0 Å². The van der Waals surface area contributed by atoms with Crippen LogP contribution in [-0.2, 0) is 0 Å². The summed E-state index contributed by atoms with van der Waals surface area (Å²) in [4.78, 5) is 10.4. The standard InChI is InChI=1S/C70H61N5/c1-38-27-29-63-59(31-38)55-23-13-15-25-61(55)73(63)53-21-17-19-50(34-53)57-36-52(70-71-40(3)33-41(4)72-70)37-58(51-20-18-22-54(35-51)74-62-26-16-14-24-56(62)60-32-39(2)28-30-64(60)74)69(57)75-67-48(11)44(7)42(5)46(9)65(67)66-47(10)43(6)45(8)49(12)68(66)75/h13-37H,1-12H3. The molecule has 4 heterocycles. The molecule has 0 N–H and O–H groups in total. The van der Waals surface area contributed by atoms with Crippen LogP contribution in [0.1, 0.15) is 67.0 Å². The van der Waals surface area contributed by atoms with Gasteiger partial charge in [-0.05, 0) is 218 Å². The molecular weight excluding hydrogens is 911 g/mol. The number of hydrogen-bond acceptors (Lipinski definition) is 2. The Hall–Kier alpha value is -8.54. The summed E-state index contributed by atoms with van der Waals surface area (Å²) in [7, 11) is 0. The number of hydrogen-bond donors (Lipinski definition) is 0. The van der Waals surface area contributed by atoms with Gasteiger partial charge in [0.15, 0.2) is 5.82 Å². The van der Waals surface area contributed by atoms with Crippen LogP contribution in [0.5, 0.6) is 0 Å². The lowest BCUT2D eigenvalue weighted by Gasteiger charge is -2.24. The van der Waals surface area contributed by atoms with Crippen molar-refractivity contribution in [1.82, 2.24) is 23.7 Å². The number of fused-ring (bicyclic) bond motifs is 9.